The van der Waals surface area contributed by atoms with Crippen LogP contribution in [-0.2, 0) is 10.0 Å². The van der Waals surface area contributed by atoms with Crippen molar-refractivity contribution in [2.75, 3.05) is 40.3 Å². The number of benzene rings is 1. The van der Waals surface area contributed by atoms with E-state index in [0.717, 1.165) is 38.6 Å². The first-order chi connectivity index (χ1) is 11.9. The van der Waals surface area contributed by atoms with Crippen LogP contribution in [0.25, 0.3) is 0 Å². The molecule has 0 aromatic heterocycles. The smallest absolute Gasteiger partial charge is 0.251 e. The molecule has 1 aliphatic heterocycles. The van der Waals surface area contributed by atoms with Gasteiger partial charge in [0.15, 0.2) is 0 Å². The molecule has 0 atom stereocenters. The fourth-order valence-electron chi connectivity index (χ4n) is 2.91. The van der Waals surface area contributed by atoms with Crippen LogP contribution < -0.4 is 5.32 Å². The number of nitrogens with one attached hydrogen (secondary N) is 1. The Labute approximate surface area is 151 Å². The lowest BCUT2D eigenvalue weighted by Crippen LogP contribution is -2.32. The van der Waals surface area contributed by atoms with E-state index in [0.29, 0.717) is 25.2 Å². The zero-order chi connectivity index (χ0) is 18.3. The van der Waals surface area contributed by atoms with Crippen LogP contribution in [0.5, 0.6) is 0 Å². The molecule has 1 aromatic rings. The Bertz CT molecular complexity index is 649. The number of amides is 1. The van der Waals surface area contributed by atoms with Crippen molar-refractivity contribution >= 4 is 15.9 Å². The Balaban J connectivity index is 1.97. The van der Waals surface area contributed by atoms with Gasteiger partial charge >= 0.3 is 0 Å². The predicted molar refractivity (Wildman–Crippen MR) is 99.2 cm³/mol. The van der Waals surface area contributed by atoms with Gasteiger partial charge in [0, 0.05) is 25.2 Å². The third-order valence-corrected chi connectivity index (χ3v) is 6.30. The van der Waals surface area contributed by atoms with Crippen molar-refractivity contribution in [2.24, 2.45) is 0 Å². The number of rotatable bonds is 7. The SMILES string of the molecule is CN(C)CCCNC(=O)c1ccc(S(=O)(=O)N2CCCCCC2)cc1. The van der Waals surface area contributed by atoms with Crippen molar-refractivity contribution in [2.45, 2.75) is 37.0 Å². The lowest BCUT2D eigenvalue weighted by Gasteiger charge is -2.20. The molecular formula is C18H29N3O3S. The summed E-state index contributed by atoms with van der Waals surface area (Å²) in [4.78, 5) is 14.4. The molecule has 1 saturated heterocycles. The molecule has 0 unspecified atom stereocenters. The van der Waals surface area contributed by atoms with Gasteiger partial charge in [-0.3, -0.25) is 4.79 Å². The van der Waals surface area contributed by atoms with E-state index < -0.39 is 10.0 Å². The molecule has 1 aromatic carbocycles. The molecule has 1 amide bonds. The summed E-state index contributed by atoms with van der Waals surface area (Å²) in [7, 11) is 0.521. The molecule has 0 aliphatic carbocycles. The number of carbonyl (C=O) groups is 1. The van der Waals surface area contributed by atoms with Gasteiger partial charge in [-0.05, 0) is 64.2 Å². The largest absolute Gasteiger partial charge is 0.352 e. The number of hydrogen-bond acceptors (Lipinski definition) is 4. The Morgan fingerprint density at radius 1 is 1.08 bits per heavy atom. The Morgan fingerprint density at radius 3 is 2.24 bits per heavy atom. The molecule has 0 radical (unpaired) electrons. The molecule has 25 heavy (non-hydrogen) atoms. The van der Waals surface area contributed by atoms with Crippen molar-refractivity contribution in [1.82, 2.24) is 14.5 Å². The van der Waals surface area contributed by atoms with Gasteiger partial charge in [-0.1, -0.05) is 12.8 Å². The van der Waals surface area contributed by atoms with E-state index in [2.05, 4.69) is 10.2 Å². The normalized spacial score (nSPS) is 16.6. The van der Waals surface area contributed by atoms with E-state index in [1.54, 1.807) is 16.4 Å². The Hall–Kier alpha value is -1.44. The molecule has 7 heteroatoms. The summed E-state index contributed by atoms with van der Waals surface area (Å²) >= 11 is 0. The molecule has 1 N–H and O–H groups in total. The minimum absolute atomic E-state index is 0.169. The van der Waals surface area contributed by atoms with Crippen LogP contribution in [0, 0.1) is 0 Å². The van der Waals surface area contributed by atoms with Gasteiger partial charge in [-0.25, -0.2) is 8.42 Å². The van der Waals surface area contributed by atoms with Gasteiger partial charge in [0.1, 0.15) is 0 Å². The van der Waals surface area contributed by atoms with Crippen LogP contribution in [0.1, 0.15) is 42.5 Å². The van der Waals surface area contributed by atoms with Gasteiger partial charge in [0.2, 0.25) is 10.0 Å². The van der Waals surface area contributed by atoms with E-state index in [9.17, 15) is 13.2 Å². The van der Waals surface area contributed by atoms with E-state index in [1.165, 1.54) is 12.1 Å². The predicted octanol–water partition coefficient (Wildman–Crippen LogP) is 1.93. The van der Waals surface area contributed by atoms with Gasteiger partial charge in [-0.2, -0.15) is 4.31 Å². The van der Waals surface area contributed by atoms with Crippen LogP contribution in [-0.4, -0.2) is 63.8 Å². The summed E-state index contributed by atoms with van der Waals surface area (Å²) < 4.78 is 27.0. The van der Waals surface area contributed by atoms with Crippen LogP contribution in [0.3, 0.4) is 0 Å². The molecule has 0 bridgehead atoms. The number of hydrogen-bond donors (Lipinski definition) is 1. The monoisotopic (exact) mass is 367 g/mol. The molecule has 6 nitrogen and oxygen atoms in total. The summed E-state index contributed by atoms with van der Waals surface area (Å²) in [6.07, 6.45) is 4.86. The second-order valence-corrected chi connectivity index (χ2v) is 8.69. The first kappa shape index (κ1) is 19.9. The number of carbonyl (C=O) groups excluding carboxylic acids is 1. The topological polar surface area (TPSA) is 69.7 Å². The van der Waals surface area contributed by atoms with Crippen LogP contribution in [0.2, 0.25) is 0 Å². The summed E-state index contributed by atoms with van der Waals surface area (Å²) in [6, 6.07) is 6.25. The lowest BCUT2D eigenvalue weighted by molar-refractivity contribution is 0.0952. The first-order valence-electron chi connectivity index (χ1n) is 8.94. The molecule has 2 rings (SSSR count). The van der Waals surface area contributed by atoms with Crippen molar-refractivity contribution in [1.29, 1.82) is 0 Å². The van der Waals surface area contributed by atoms with Gasteiger partial charge in [0.05, 0.1) is 4.90 Å². The Morgan fingerprint density at radius 2 is 1.68 bits per heavy atom. The minimum atomic E-state index is -3.46. The van der Waals surface area contributed by atoms with Crippen LogP contribution in [0.4, 0.5) is 0 Å². The van der Waals surface area contributed by atoms with Gasteiger partial charge in [-0.15, -0.1) is 0 Å². The average molecular weight is 368 g/mol. The maximum Gasteiger partial charge on any atom is 0.251 e. The van der Waals surface area contributed by atoms with Crippen LogP contribution >= 0.6 is 0 Å². The van der Waals surface area contributed by atoms with Gasteiger partial charge in [0.25, 0.3) is 5.91 Å². The molecule has 140 valence electrons. The molecule has 1 fully saturated rings. The highest BCUT2D eigenvalue weighted by Crippen LogP contribution is 2.20. The molecule has 0 saturated carbocycles. The quantitative estimate of drug-likeness (QED) is 0.748. The standard InChI is InChI=1S/C18H29N3O3S/c1-20(2)13-7-12-19-18(22)16-8-10-17(11-9-16)25(23,24)21-14-5-3-4-6-15-21/h8-11H,3-7,12-15H2,1-2H3,(H,19,22). The highest BCUT2D eigenvalue weighted by Gasteiger charge is 2.25. The van der Waals surface area contributed by atoms with Crippen LogP contribution in [0.15, 0.2) is 29.2 Å². The first-order valence-corrected chi connectivity index (χ1v) is 10.4. The fraction of sp³-hybridized carbons (Fsp3) is 0.611. The maximum absolute atomic E-state index is 12.7. The second kappa shape index (κ2) is 9.31. The zero-order valence-corrected chi connectivity index (χ0v) is 16.0. The van der Waals surface area contributed by atoms with Crippen molar-refractivity contribution in [3.05, 3.63) is 29.8 Å². The maximum atomic E-state index is 12.7. The molecular weight excluding hydrogens is 338 g/mol. The van der Waals surface area contributed by atoms with Crippen molar-refractivity contribution in [3.63, 3.8) is 0 Å². The lowest BCUT2D eigenvalue weighted by atomic mass is 10.2. The summed E-state index contributed by atoms with van der Waals surface area (Å²) in [5.74, 6) is -0.169. The second-order valence-electron chi connectivity index (χ2n) is 6.76. The van der Waals surface area contributed by atoms with E-state index >= 15 is 0 Å². The average Bonchev–Trinajstić information content (AvgIpc) is 2.88. The highest BCUT2D eigenvalue weighted by molar-refractivity contribution is 7.89. The van der Waals surface area contributed by atoms with E-state index in [1.807, 2.05) is 14.1 Å². The van der Waals surface area contributed by atoms with E-state index in [-0.39, 0.29) is 10.8 Å². The van der Waals surface area contributed by atoms with Gasteiger partial charge < -0.3 is 10.2 Å². The third-order valence-electron chi connectivity index (χ3n) is 4.39. The Kier molecular flexibility index (Phi) is 7.40. The fourth-order valence-corrected chi connectivity index (χ4v) is 4.43. The molecule has 0 spiro atoms. The minimum Gasteiger partial charge on any atom is -0.352 e. The molecule has 1 aliphatic rings. The number of sulfonamides is 1. The van der Waals surface area contributed by atoms with Crippen molar-refractivity contribution < 1.29 is 13.2 Å². The number of nitrogens with zero attached hydrogens (tertiary/aromatic N) is 2. The van der Waals surface area contributed by atoms with E-state index in [4.69, 9.17) is 0 Å². The third kappa shape index (κ3) is 5.80. The summed E-state index contributed by atoms with van der Waals surface area (Å²) in [5, 5.41) is 2.86. The summed E-state index contributed by atoms with van der Waals surface area (Å²) in [5.41, 5.74) is 0.486. The molecule has 1 heterocycles. The zero-order valence-electron chi connectivity index (χ0n) is 15.2. The van der Waals surface area contributed by atoms with Crippen molar-refractivity contribution in [3.8, 4) is 0 Å². The summed E-state index contributed by atoms with van der Waals surface area (Å²) in [6.45, 7) is 2.67. The highest BCUT2D eigenvalue weighted by atomic mass is 32.2.